The molecule has 19 heavy (non-hydrogen) atoms. The summed E-state index contributed by atoms with van der Waals surface area (Å²) in [7, 11) is 0. The summed E-state index contributed by atoms with van der Waals surface area (Å²) in [4.78, 5) is 7.70. The lowest BCUT2D eigenvalue weighted by atomic mass is 10.3. The lowest BCUT2D eigenvalue weighted by Crippen LogP contribution is -2.09. The van der Waals surface area contributed by atoms with Gasteiger partial charge in [0.05, 0.1) is 24.2 Å². The number of para-hydroxylation sites is 2. The van der Waals surface area contributed by atoms with Gasteiger partial charge in [-0.2, -0.15) is 0 Å². The number of nitrogens with zero attached hydrogens (tertiary/aromatic N) is 2. The third kappa shape index (κ3) is 2.32. The average Bonchev–Trinajstić information content (AvgIpc) is 3.05. The molecule has 0 fully saturated rings. The number of hydrogen-bond acceptors (Lipinski definition) is 3. The van der Waals surface area contributed by atoms with Gasteiger partial charge in [0.1, 0.15) is 0 Å². The Labute approximate surface area is 110 Å². The van der Waals surface area contributed by atoms with Gasteiger partial charge in [-0.15, -0.1) is 0 Å². The van der Waals surface area contributed by atoms with Crippen molar-refractivity contribution in [3.63, 3.8) is 0 Å². The molecule has 0 radical (unpaired) electrons. The fraction of sp³-hybridized carbons (Fsp3) is 0.214. The molecule has 0 aliphatic carbocycles. The Bertz CT molecular complexity index is 657. The number of benzene rings is 1. The summed E-state index contributed by atoms with van der Waals surface area (Å²) in [6.07, 6.45) is 1.90. The van der Waals surface area contributed by atoms with Crippen molar-refractivity contribution in [2.45, 2.75) is 13.1 Å². The monoisotopic (exact) mass is 256 g/mol. The minimum absolute atomic E-state index is 0.0948. The Morgan fingerprint density at radius 1 is 1.21 bits per heavy atom. The molecule has 98 valence electrons. The van der Waals surface area contributed by atoms with Crippen LogP contribution in [0.1, 0.15) is 5.69 Å². The minimum Gasteiger partial charge on any atom is -0.395 e. The van der Waals surface area contributed by atoms with Crippen molar-refractivity contribution in [1.29, 1.82) is 0 Å². The van der Waals surface area contributed by atoms with Gasteiger partial charge in [-0.3, -0.25) is 0 Å². The smallest absolute Gasteiger partial charge is 0.204 e. The number of imidazole rings is 1. The Kier molecular flexibility index (Phi) is 3.20. The Morgan fingerprint density at radius 3 is 2.89 bits per heavy atom. The van der Waals surface area contributed by atoms with Gasteiger partial charge < -0.3 is 20.0 Å². The van der Waals surface area contributed by atoms with E-state index in [1.165, 1.54) is 0 Å². The second kappa shape index (κ2) is 5.16. The molecule has 3 N–H and O–H groups in total. The largest absolute Gasteiger partial charge is 0.395 e. The Morgan fingerprint density at radius 2 is 2.11 bits per heavy atom. The zero-order chi connectivity index (χ0) is 13.1. The standard InChI is InChI=1S/C14H16N4O/c19-9-8-18-13-6-2-1-5-12(13)17-14(18)16-10-11-4-3-7-15-11/h1-7,15,19H,8-10H2,(H,16,17). The fourth-order valence-electron chi connectivity index (χ4n) is 2.19. The highest BCUT2D eigenvalue weighted by atomic mass is 16.3. The van der Waals surface area contributed by atoms with Crippen molar-refractivity contribution >= 4 is 17.0 Å². The van der Waals surface area contributed by atoms with E-state index in [9.17, 15) is 5.11 Å². The molecule has 2 heterocycles. The second-order valence-electron chi connectivity index (χ2n) is 4.35. The molecule has 3 aromatic rings. The van der Waals surface area contributed by atoms with E-state index >= 15 is 0 Å². The van der Waals surface area contributed by atoms with Crippen LogP contribution < -0.4 is 5.32 Å². The van der Waals surface area contributed by atoms with E-state index in [1.807, 2.05) is 47.2 Å². The summed E-state index contributed by atoms with van der Waals surface area (Å²) < 4.78 is 2.00. The molecule has 0 saturated carbocycles. The summed E-state index contributed by atoms with van der Waals surface area (Å²) >= 11 is 0. The number of aromatic amines is 1. The number of fused-ring (bicyclic) bond motifs is 1. The first-order valence-corrected chi connectivity index (χ1v) is 6.31. The molecule has 0 amide bonds. The summed E-state index contributed by atoms with van der Waals surface area (Å²) in [5, 5.41) is 12.5. The average molecular weight is 256 g/mol. The van der Waals surface area contributed by atoms with Gasteiger partial charge >= 0.3 is 0 Å². The molecule has 5 nitrogen and oxygen atoms in total. The van der Waals surface area contributed by atoms with Gasteiger partial charge in [-0.05, 0) is 24.3 Å². The van der Waals surface area contributed by atoms with Crippen molar-refractivity contribution in [1.82, 2.24) is 14.5 Å². The van der Waals surface area contributed by atoms with Crippen LogP contribution in [0.4, 0.5) is 5.95 Å². The Balaban J connectivity index is 1.90. The van der Waals surface area contributed by atoms with E-state index in [1.54, 1.807) is 0 Å². The lowest BCUT2D eigenvalue weighted by molar-refractivity contribution is 0.278. The molecule has 2 aromatic heterocycles. The van der Waals surface area contributed by atoms with E-state index in [2.05, 4.69) is 15.3 Å². The number of H-pyrrole nitrogens is 1. The third-order valence-corrected chi connectivity index (χ3v) is 3.08. The molecule has 0 atom stereocenters. The van der Waals surface area contributed by atoms with Gasteiger partial charge in [0.15, 0.2) is 0 Å². The SMILES string of the molecule is OCCn1c(NCc2ccc[nH]2)nc2ccccc21. The Hall–Kier alpha value is -2.27. The maximum absolute atomic E-state index is 9.19. The molecule has 0 bridgehead atoms. The van der Waals surface area contributed by atoms with E-state index in [4.69, 9.17) is 0 Å². The normalized spacial score (nSPS) is 11.0. The number of nitrogens with one attached hydrogen (secondary N) is 2. The minimum atomic E-state index is 0.0948. The van der Waals surface area contributed by atoms with Crippen LogP contribution in [0.15, 0.2) is 42.6 Å². The predicted octanol–water partition coefficient (Wildman–Crippen LogP) is 1.97. The van der Waals surface area contributed by atoms with Gasteiger partial charge in [0.25, 0.3) is 0 Å². The van der Waals surface area contributed by atoms with E-state index in [-0.39, 0.29) is 6.61 Å². The van der Waals surface area contributed by atoms with Crippen LogP contribution in [0.2, 0.25) is 0 Å². The quantitative estimate of drug-likeness (QED) is 0.654. The zero-order valence-electron chi connectivity index (χ0n) is 10.5. The van der Waals surface area contributed by atoms with Crippen molar-refractivity contribution in [3.8, 4) is 0 Å². The molecule has 1 aromatic carbocycles. The van der Waals surface area contributed by atoms with Crippen molar-refractivity contribution in [3.05, 3.63) is 48.3 Å². The first-order chi connectivity index (χ1) is 9.38. The number of aliphatic hydroxyl groups is 1. The number of anilines is 1. The summed E-state index contributed by atoms with van der Waals surface area (Å²) in [6.45, 7) is 1.31. The molecule has 0 saturated heterocycles. The number of aromatic nitrogens is 3. The maximum Gasteiger partial charge on any atom is 0.204 e. The molecule has 0 aliphatic heterocycles. The summed E-state index contributed by atoms with van der Waals surface area (Å²) in [5.41, 5.74) is 3.07. The molecule has 0 spiro atoms. The van der Waals surface area contributed by atoms with Crippen LogP contribution in [0, 0.1) is 0 Å². The van der Waals surface area contributed by atoms with Gasteiger partial charge in [-0.25, -0.2) is 4.98 Å². The van der Waals surface area contributed by atoms with Crippen LogP contribution in [-0.2, 0) is 13.1 Å². The van der Waals surface area contributed by atoms with Crippen molar-refractivity contribution in [2.24, 2.45) is 0 Å². The van der Waals surface area contributed by atoms with Crippen molar-refractivity contribution in [2.75, 3.05) is 11.9 Å². The molecular formula is C14H16N4O. The van der Waals surface area contributed by atoms with Crippen LogP contribution in [0.3, 0.4) is 0 Å². The van der Waals surface area contributed by atoms with Crippen molar-refractivity contribution < 1.29 is 5.11 Å². The van der Waals surface area contributed by atoms with Crippen LogP contribution in [-0.4, -0.2) is 26.2 Å². The van der Waals surface area contributed by atoms with E-state index in [0.717, 1.165) is 22.7 Å². The molecule has 5 heteroatoms. The van der Waals surface area contributed by atoms with E-state index in [0.29, 0.717) is 13.1 Å². The third-order valence-electron chi connectivity index (χ3n) is 3.08. The van der Waals surface area contributed by atoms with Crippen LogP contribution in [0.25, 0.3) is 11.0 Å². The molecule has 0 unspecified atom stereocenters. The molecule has 3 rings (SSSR count). The summed E-state index contributed by atoms with van der Waals surface area (Å²) in [6, 6.07) is 11.9. The van der Waals surface area contributed by atoms with Crippen LogP contribution >= 0.6 is 0 Å². The summed E-state index contributed by atoms with van der Waals surface area (Å²) in [5.74, 6) is 0.782. The zero-order valence-corrected chi connectivity index (χ0v) is 10.5. The number of rotatable bonds is 5. The number of hydrogen-bond donors (Lipinski definition) is 3. The second-order valence-corrected chi connectivity index (χ2v) is 4.35. The maximum atomic E-state index is 9.19. The first kappa shape index (κ1) is 11.8. The van der Waals surface area contributed by atoms with Gasteiger partial charge in [0.2, 0.25) is 5.95 Å². The number of aliphatic hydroxyl groups excluding tert-OH is 1. The predicted molar refractivity (Wildman–Crippen MR) is 74.9 cm³/mol. The highest BCUT2D eigenvalue weighted by molar-refractivity contribution is 5.78. The topological polar surface area (TPSA) is 65.9 Å². The molecule has 0 aliphatic rings. The first-order valence-electron chi connectivity index (χ1n) is 6.31. The van der Waals surface area contributed by atoms with E-state index < -0.39 is 0 Å². The lowest BCUT2D eigenvalue weighted by Gasteiger charge is -2.08. The van der Waals surface area contributed by atoms with Crippen LogP contribution in [0.5, 0.6) is 0 Å². The highest BCUT2D eigenvalue weighted by Crippen LogP contribution is 2.19. The molecular weight excluding hydrogens is 240 g/mol. The fourth-order valence-corrected chi connectivity index (χ4v) is 2.19. The van der Waals surface area contributed by atoms with Gasteiger partial charge in [0, 0.05) is 18.4 Å². The highest BCUT2D eigenvalue weighted by Gasteiger charge is 2.09. The van der Waals surface area contributed by atoms with Gasteiger partial charge in [-0.1, -0.05) is 12.1 Å².